The van der Waals surface area contributed by atoms with Crippen molar-refractivity contribution in [1.29, 1.82) is 0 Å². The molecule has 0 amide bonds. The Morgan fingerprint density at radius 3 is 2.63 bits per heavy atom. The number of ether oxygens (including phenoxy) is 2. The third kappa shape index (κ3) is 5.28. The third-order valence-corrected chi connectivity index (χ3v) is 3.13. The summed E-state index contributed by atoms with van der Waals surface area (Å²) < 4.78 is 45.7. The Kier molecular flexibility index (Phi) is 4.57. The van der Waals surface area contributed by atoms with Crippen molar-refractivity contribution >= 4 is 15.9 Å². The van der Waals surface area contributed by atoms with E-state index >= 15 is 0 Å². The van der Waals surface area contributed by atoms with Crippen LogP contribution in [0.2, 0.25) is 0 Å². The van der Waals surface area contributed by atoms with E-state index in [0.717, 1.165) is 6.54 Å². The predicted octanol–water partition coefficient (Wildman–Crippen LogP) is 3.48. The van der Waals surface area contributed by atoms with E-state index in [0.29, 0.717) is 18.4 Å². The molecule has 0 unspecified atom stereocenters. The van der Waals surface area contributed by atoms with Crippen LogP contribution in [0.3, 0.4) is 0 Å². The first-order valence-corrected chi connectivity index (χ1v) is 6.65. The molecule has 3 nitrogen and oxygen atoms in total. The molecule has 1 aromatic carbocycles. The molecule has 0 heterocycles. The van der Waals surface area contributed by atoms with Gasteiger partial charge in [-0.2, -0.15) is 0 Å². The molecule has 1 aliphatic carbocycles. The van der Waals surface area contributed by atoms with Gasteiger partial charge in [0.15, 0.2) is 0 Å². The van der Waals surface area contributed by atoms with Crippen LogP contribution >= 0.6 is 15.9 Å². The number of alkyl halides is 3. The zero-order valence-corrected chi connectivity index (χ0v) is 11.6. The zero-order chi connectivity index (χ0) is 13.9. The molecule has 7 heteroatoms. The lowest BCUT2D eigenvalue weighted by atomic mass is 10.3. The second-order valence-corrected chi connectivity index (χ2v) is 5.07. The van der Waals surface area contributed by atoms with Crippen molar-refractivity contribution in [2.24, 2.45) is 0 Å². The lowest BCUT2D eigenvalue weighted by Gasteiger charge is -2.12. The maximum atomic E-state index is 12.1. The maximum Gasteiger partial charge on any atom is 0.573 e. The van der Waals surface area contributed by atoms with Crippen LogP contribution in [0, 0.1) is 0 Å². The summed E-state index contributed by atoms with van der Waals surface area (Å²) >= 11 is 3.02. The highest BCUT2D eigenvalue weighted by atomic mass is 79.9. The Bertz CT molecular complexity index is 435. The van der Waals surface area contributed by atoms with E-state index in [9.17, 15) is 13.2 Å². The Morgan fingerprint density at radius 2 is 2.05 bits per heavy atom. The largest absolute Gasteiger partial charge is 0.573 e. The van der Waals surface area contributed by atoms with Crippen molar-refractivity contribution in [2.75, 3.05) is 13.2 Å². The van der Waals surface area contributed by atoms with Gasteiger partial charge in [0.05, 0.1) is 4.47 Å². The second-order valence-electron chi connectivity index (χ2n) is 4.22. The van der Waals surface area contributed by atoms with Gasteiger partial charge in [0.1, 0.15) is 18.1 Å². The first kappa shape index (κ1) is 14.5. The molecular formula is C12H13BrF3NO2. The Labute approximate surface area is 117 Å². The normalized spacial score (nSPS) is 15.4. The second kappa shape index (κ2) is 6.00. The number of nitrogens with one attached hydrogen (secondary N) is 1. The monoisotopic (exact) mass is 339 g/mol. The predicted molar refractivity (Wildman–Crippen MR) is 67.3 cm³/mol. The Balaban J connectivity index is 1.83. The van der Waals surface area contributed by atoms with Gasteiger partial charge in [-0.3, -0.25) is 0 Å². The SMILES string of the molecule is FC(F)(F)Oc1ccc(OCCNC2CC2)cc1Br. The van der Waals surface area contributed by atoms with Gasteiger partial charge >= 0.3 is 6.36 Å². The highest BCUT2D eigenvalue weighted by molar-refractivity contribution is 9.10. The smallest absolute Gasteiger partial charge is 0.492 e. The molecule has 0 spiro atoms. The molecule has 1 saturated carbocycles. The van der Waals surface area contributed by atoms with Gasteiger partial charge in [0.2, 0.25) is 0 Å². The highest BCUT2D eigenvalue weighted by Gasteiger charge is 2.32. The standard InChI is InChI=1S/C12H13BrF3NO2/c13-10-7-9(18-6-5-17-8-1-2-8)3-4-11(10)19-12(14,15)16/h3-4,7-8,17H,1-2,5-6H2. The minimum Gasteiger partial charge on any atom is -0.492 e. The minimum absolute atomic E-state index is 0.206. The lowest BCUT2D eigenvalue weighted by Crippen LogP contribution is -2.22. The number of hydrogen-bond acceptors (Lipinski definition) is 3. The molecular weight excluding hydrogens is 327 g/mol. The van der Waals surface area contributed by atoms with Crippen LogP contribution in [0.4, 0.5) is 13.2 Å². The van der Waals surface area contributed by atoms with Crippen molar-refractivity contribution in [3.63, 3.8) is 0 Å². The van der Waals surface area contributed by atoms with Crippen molar-refractivity contribution in [3.05, 3.63) is 22.7 Å². The summed E-state index contributed by atoms with van der Waals surface area (Å²) in [5.41, 5.74) is 0. The topological polar surface area (TPSA) is 30.5 Å². The van der Waals surface area contributed by atoms with Crippen LogP contribution in [0.25, 0.3) is 0 Å². The van der Waals surface area contributed by atoms with Gasteiger partial charge in [0.25, 0.3) is 0 Å². The van der Waals surface area contributed by atoms with E-state index in [1.54, 1.807) is 0 Å². The number of hydrogen-bond donors (Lipinski definition) is 1. The molecule has 19 heavy (non-hydrogen) atoms. The third-order valence-electron chi connectivity index (χ3n) is 2.51. The summed E-state index contributed by atoms with van der Waals surface area (Å²) in [6.07, 6.45) is -2.29. The van der Waals surface area contributed by atoms with E-state index in [2.05, 4.69) is 26.0 Å². The lowest BCUT2D eigenvalue weighted by molar-refractivity contribution is -0.274. The molecule has 0 aromatic heterocycles. The van der Waals surface area contributed by atoms with Crippen LogP contribution in [0.1, 0.15) is 12.8 Å². The van der Waals surface area contributed by atoms with Crippen LogP contribution in [-0.4, -0.2) is 25.6 Å². The van der Waals surface area contributed by atoms with Crippen LogP contribution in [-0.2, 0) is 0 Å². The quantitative estimate of drug-likeness (QED) is 0.805. The molecule has 0 bridgehead atoms. The molecule has 0 saturated heterocycles. The molecule has 2 rings (SSSR count). The Hall–Kier alpha value is -0.950. The first-order chi connectivity index (χ1) is 8.94. The molecule has 0 radical (unpaired) electrons. The van der Waals surface area contributed by atoms with Gasteiger partial charge in [-0.05, 0) is 47.0 Å². The summed E-state index contributed by atoms with van der Waals surface area (Å²) in [7, 11) is 0. The van der Waals surface area contributed by atoms with Gasteiger partial charge in [0, 0.05) is 12.6 Å². The molecule has 106 valence electrons. The summed E-state index contributed by atoms with van der Waals surface area (Å²) in [6, 6.07) is 4.74. The van der Waals surface area contributed by atoms with Gasteiger partial charge in [-0.15, -0.1) is 13.2 Å². The summed E-state index contributed by atoms with van der Waals surface area (Å²) in [6.45, 7) is 1.20. The summed E-state index contributed by atoms with van der Waals surface area (Å²) in [5.74, 6) is 0.218. The highest BCUT2D eigenvalue weighted by Crippen LogP contribution is 2.33. The summed E-state index contributed by atoms with van der Waals surface area (Å²) in [5, 5.41) is 3.27. The maximum absolute atomic E-state index is 12.1. The van der Waals surface area contributed by atoms with E-state index in [-0.39, 0.29) is 10.2 Å². The van der Waals surface area contributed by atoms with Gasteiger partial charge in [-0.1, -0.05) is 0 Å². The number of benzene rings is 1. The molecule has 1 aromatic rings. The van der Waals surface area contributed by atoms with Crippen molar-refractivity contribution in [2.45, 2.75) is 25.2 Å². The molecule has 0 atom stereocenters. The number of rotatable bonds is 6. The fourth-order valence-electron chi connectivity index (χ4n) is 1.50. The molecule has 1 aliphatic rings. The Morgan fingerprint density at radius 1 is 1.32 bits per heavy atom. The number of halogens is 4. The molecule has 1 fully saturated rings. The molecule has 1 N–H and O–H groups in total. The van der Waals surface area contributed by atoms with Crippen LogP contribution in [0.5, 0.6) is 11.5 Å². The average Bonchev–Trinajstić information content (AvgIpc) is 3.10. The van der Waals surface area contributed by atoms with Crippen molar-refractivity contribution < 1.29 is 22.6 Å². The summed E-state index contributed by atoms with van der Waals surface area (Å²) in [4.78, 5) is 0. The van der Waals surface area contributed by atoms with Gasteiger partial charge in [-0.25, -0.2) is 0 Å². The van der Waals surface area contributed by atoms with Crippen molar-refractivity contribution in [3.8, 4) is 11.5 Å². The first-order valence-electron chi connectivity index (χ1n) is 5.85. The molecule has 0 aliphatic heterocycles. The van der Waals surface area contributed by atoms with Crippen LogP contribution in [0.15, 0.2) is 22.7 Å². The van der Waals surface area contributed by atoms with E-state index in [1.807, 2.05) is 0 Å². The fraction of sp³-hybridized carbons (Fsp3) is 0.500. The minimum atomic E-state index is -4.70. The fourth-order valence-corrected chi connectivity index (χ4v) is 1.94. The van der Waals surface area contributed by atoms with E-state index < -0.39 is 6.36 Å². The van der Waals surface area contributed by atoms with Crippen LogP contribution < -0.4 is 14.8 Å². The van der Waals surface area contributed by atoms with E-state index in [1.165, 1.54) is 31.0 Å². The van der Waals surface area contributed by atoms with E-state index in [4.69, 9.17) is 4.74 Å². The van der Waals surface area contributed by atoms with Gasteiger partial charge < -0.3 is 14.8 Å². The average molecular weight is 340 g/mol. The van der Waals surface area contributed by atoms with Crippen molar-refractivity contribution in [1.82, 2.24) is 5.32 Å². The zero-order valence-electron chi connectivity index (χ0n) is 9.97.